The van der Waals surface area contributed by atoms with Gasteiger partial charge in [-0.15, -0.1) is 0 Å². The van der Waals surface area contributed by atoms with Gasteiger partial charge in [-0.2, -0.15) is 26.3 Å². The maximum Gasteiger partial charge on any atom is 0.417 e. The number of hydrogen-bond acceptors (Lipinski definition) is 2. The molecule has 0 amide bonds. The molecule has 24 heavy (non-hydrogen) atoms. The lowest BCUT2D eigenvalue weighted by Gasteiger charge is -2.22. The SMILES string of the molecule is FC(F)(F)c1cc2c(cc1Cl)Sc1cc(C(F)(F)F)c(Cl)cc1S2. The summed E-state index contributed by atoms with van der Waals surface area (Å²) in [5.41, 5.74) is -1.98. The summed E-state index contributed by atoms with van der Waals surface area (Å²) in [7, 11) is 0. The van der Waals surface area contributed by atoms with Crippen LogP contribution in [0.2, 0.25) is 10.0 Å². The van der Waals surface area contributed by atoms with E-state index in [0.29, 0.717) is 9.79 Å². The second-order valence-corrected chi connectivity index (χ2v) is 7.74. The van der Waals surface area contributed by atoms with Crippen molar-refractivity contribution in [3.05, 3.63) is 45.4 Å². The Balaban J connectivity index is 2.08. The zero-order valence-electron chi connectivity index (χ0n) is 11.1. The Labute approximate surface area is 150 Å². The van der Waals surface area contributed by atoms with Crippen molar-refractivity contribution in [2.45, 2.75) is 31.9 Å². The van der Waals surface area contributed by atoms with Gasteiger partial charge in [0.05, 0.1) is 21.2 Å². The summed E-state index contributed by atoms with van der Waals surface area (Å²) in [6.45, 7) is 0. The third kappa shape index (κ3) is 3.34. The van der Waals surface area contributed by atoms with Crippen LogP contribution in [0.4, 0.5) is 26.3 Å². The first-order valence-electron chi connectivity index (χ1n) is 6.14. The van der Waals surface area contributed by atoms with Gasteiger partial charge in [0.1, 0.15) is 0 Å². The molecule has 2 aromatic carbocycles. The second-order valence-electron chi connectivity index (χ2n) is 4.76. The average molecular weight is 421 g/mol. The number of hydrogen-bond donors (Lipinski definition) is 0. The molecule has 0 fully saturated rings. The fourth-order valence-electron chi connectivity index (χ4n) is 2.06. The molecule has 0 radical (unpaired) electrons. The molecule has 0 atom stereocenters. The molecule has 0 saturated heterocycles. The van der Waals surface area contributed by atoms with E-state index in [1.54, 1.807) is 0 Å². The summed E-state index contributed by atoms with van der Waals surface area (Å²) in [5, 5.41) is -0.995. The van der Waals surface area contributed by atoms with Crippen molar-refractivity contribution < 1.29 is 26.3 Å². The molecule has 1 aliphatic rings. The molecule has 3 rings (SSSR count). The van der Waals surface area contributed by atoms with E-state index in [1.165, 1.54) is 0 Å². The minimum Gasteiger partial charge on any atom is -0.166 e. The maximum absolute atomic E-state index is 12.9. The lowest BCUT2D eigenvalue weighted by Crippen LogP contribution is -2.08. The van der Waals surface area contributed by atoms with Gasteiger partial charge in [-0.25, -0.2) is 0 Å². The Morgan fingerprint density at radius 3 is 1.17 bits per heavy atom. The van der Waals surface area contributed by atoms with Gasteiger partial charge in [-0.1, -0.05) is 46.7 Å². The molecule has 2 aromatic rings. The third-order valence-electron chi connectivity index (χ3n) is 3.12. The summed E-state index contributed by atoms with van der Waals surface area (Å²) in [6.07, 6.45) is -9.23. The van der Waals surface area contributed by atoms with E-state index in [4.69, 9.17) is 23.2 Å². The molecule has 128 valence electrons. The first kappa shape index (κ1) is 18.1. The predicted octanol–water partition coefficient (Wildman–Crippen LogP) is 7.65. The summed E-state index contributed by atoms with van der Waals surface area (Å²) >= 11 is 13.2. The molecule has 0 bridgehead atoms. The Bertz CT molecular complexity index is 760. The molecule has 1 aliphatic heterocycles. The molecular weight excluding hydrogens is 417 g/mol. The van der Waals surface area contributed by atoms with Crippen LogP contribution in [0.1, 0.15) is 11.1 Å². The summed E-state index contributed by atoms with van der Waals surface area (Å²) < 4.78 is 77.5. The van der Waals surface area contributed by atoms with Crippen molar-refractivity contribution in [1.82, 2.24) is 0 Å². The van der Waals surface area contributed by atoms with Crippen molar-refractivity contribution in [3.63, 3.8) is 0 Å². The fourth-order valence-corrected chi connectivity index (χ4v) is 5.05. The van der Waals surface area contributed by atoms with Crippen molar-refractivity contribution in [2.75, 3.05) is 0 Å². The zero-order valence-corrected chi connectivity index (χ0v) is 14.3. The van der Waals surface area contributed by atoms with Crippen LogP contribution in [-0.2, 0) is 12.4 Å². The lowest BCUT2D eigenvalue weighted by atomic mass is 10.2. The van der Waals surface area contributed by atoms with Crippen LogP contribution < -0.4 is 0 Å². The number of alkyl halides is 6. The van der Waals surface area contributed by atoms with Gasteiger partial charge in [-0.3, -0.25) is 0 Å². The van der Waals surface area contributed by atoms with Crippen LogP contribution in [0.3, 0.4) is 0 Å². The molecule has 0 aliphatic carbocycles. The number of halogens is 8. The molecule has 0 aromatic heterocycles. The monoisotopic (exact) mass is 420 g/mol. The van der Waals surface area contributed by atoms with Crippen LogP contribution in [0.15, 0.2) is 43.8 Å². The smallest absolute Gasteiger partial charge is 0.166 e. The van der Waals surface area contributed by atoms with E-state index >= 15 is 0 Å². The van der Waals surface area contributed by atoms with Crippen LogP contribution in [0.5, 0.6) is 0 Å². The number of rotatable bonds is 0. The third-order valence-corrected chi connectivity index (χ3v) is 6.23. The molecule has 0 saturated carbocycles. The highest BCUT2D eigenvalue weighted by atomic mass is 35.5. The fraction of sp³-hybridized carbons (Fsp3) is 0.143. The highest BCUT2D eigenvalue weighted by molar-refractivity contribution is 8.05. The minimum absolute atomic E-state index is 0.264. The Hall–Kier alpha value is -0.700. The van der Waals surface area contributed by atoms with Crippen molar-refractivity contribution >= 4 is 46.7 Å². The highest BCUT2D eigenvalue weighted by Crippen LogP contribution is 2.53. The van der Waals surface area contributed by atoms with E-state index < -0.39 is 33.5 Å². The summed E-state index contributed by atoms with van der Waals surface area (Å²) in [4.78, 5) is 1.25. The Morgan fingerprint density at radius 1 is 0.583 bits per heavy atom. The molecule has 0 nitrogen and oxygen atoms in total. The second kappa shape index (κ2) is 5.93. The molecule has 10 heteroatoms. The van der Waals surface area contributed by atoms with Crippen LogP contribution in [0.25, 0.3) is 0 Å². The zero-order chi connectivity index (χ0) is 17.9. The summed E-state index contributed by atoms with van der Waals surface area (Å²) in [6, 6.07) is 4.01. The van der Waals surface area contributed by atoms with E-state index in [1.807, 2.05) is 0 Å². The van der Waals surface area contributed by atoms with Crippen molar-refractivity contribution in [3.8, 4) is 0 Å². The van der Waals surface area contributed by atoms with Gasteiger partial charge in [0.25, 0.3) is 0 Å². The van der Waals surface area contributed by atoms with Crippen molar-refractivity contribution in [2.24, 2.45) is 0 Å². The Morgan fingerprint density at radius 2 is 0.875 bits per heavy atom. The van der Waals surface area contributed by atoms with E-state index in [2.05, 4.69) is 0 Å². The quantitative estimate of drug-likeness (QED) is 0.342. The lowest BCUT2D eigenvalue weighted by molar-refractivity contribution is -0.138. The topological polar surface area (TPSA) is 0 Å². The Kier molecular flexibility index (Phi) is 4.47. The molecule has 0 N–H and O–H groups in total. The molecule has 0 unspecified atom stereocenters. The van der Waals surface area contributed by atoms with Gasteiger partial charge < -0.3 is 0 Å². The predicted molar refractivity (Wildman–Crippen MR) is 81.2 cm³/mol. The van der Waals surface area contributed by atoms with Crippen molar-refractivity contribution in [1.29, 1.82) is 0 Å². The molecular formula is C14H4Cl2F6S2. The maximum atomic E-state index is 12.9. The first-order chi connectivity index (χ1) is 11.0. The average Bonchev–Trinajstić information content (AvgIpc) is 2.41. The van der Waals surface area contributed by atoms with E-state index in [0.717, 1.165) is 47.8 Å². The van der Waals surface area contributed by atoms with Gasteiger partial charge in [-0.05, 0) is 24.3 Å². The van der Waals surface area contributed by atoms with E-state index in [-0.39, 0.29) is 9.79 Å². The van der Waals surface area contributed by atoms with Gasteiger partial charge >= 0.3 is 12.4 Å². The molecule has 1 heterocycles. The normalized spacial score (nSPS) is 14.3. The van der Waals surface area contributed by atoms with E-state index in [9.17, 15) is 26.3 Å². The molecule has 0 spiro atoms. The number of fused-ring (bicyclic) bond motifs is 2. The van der Waals surface area contributed by atoms with Gasteiger partial charge in [0, 0.05) is 19.6 Å². The van der Waals surface area contributed by atoms with Crippen LogP contribution in [0, 0.1) is 0 Å². The highest BCUT2D eigenvalue weighted by Gasteiger charge is 2.37. The van der Waals surface area contributed by atoms with Gasteiger partial charge in [0.15, 0.2) is 0 Å². The largest absolute Gasteiger partial charge is 0.417 e. The van der Waals surface area contributed by atoms with Gasteiger partial charge in [0.2, 0.25) is 0 Å². The standard InChI is InChI=1S/C14H4Cl2F6S2/c15-7-3-11-9(1-5(7)13(17,18)19)23-12-4-8(16)6(14(20,21)22)2-10(12)24-11/h1-4H. The van der Waals surface area contributed by atoms with Crippen LogP contribution in [-0.4, -0.2) is 0 Å². The minimum atomic E-state index is -4.62. The summed E-state index contributed by atoms with van der Waals surface area (Å²) in [5.74, 6) is 0. The first-order valence-corrected chi connectivity index (χ1v) is 8.53. The number of benzene rings is 2. The van der Waals surface area contributed by atoms with Crippen LogP contribution >= 0.6 is 46.7 Å².